The van der Waals surface area contributed by atoms with E-state index in [-0.39, 0.29) is 0 Å². The predicted molar refractivity (Wildman–Crippen MR) is 486 cm³/mol. The average molecular weight is 1460 g/mol. The summed E-state index contributed by atoms with van der Waals surface area (Å²) >= 11 is 5.75. The van der Waals surface area contributed by atoms with Gasteiger partial charge in [-0.15, -0.1) is 34.0 Å². The minimum Gasteiger partial charge on any atom is -0.135 e. The highest BCUT2D eigenvalue weighted by Gasteiger charge is 2.24. The Morgan fingerprint density at radius 1 is 0.108 bits per heavy atom. The monoisotopic (exact) mass is 1450 g/mol. The van der Waals surface area contributed by atoms with Crippen molar-refractivity contribution in [3.63, 3.8) is 0 Å². The van der Waals surface area contributed by atoms with Crippen LogP contribution in [-0.2, 0) is 0 Å². The quantitative estimate of drug-likeness (QED) is 0.133. The Bertz CT molecular complexity index is 8040. The minimum atomic E-state index is 1.16. The minimum absolute atomic E-state index is 1.16. The number of hydrogen-bond donors (Lipinski definition) is 0. The molecule has 24 aromatic rings. The van der Waals surface area contributed by atoms with Crippen LogP contribution in [-0.4, -0.2) is 0 Å². The molecule has 3 aromatic heterocycles. The summed E-state index contributed by atoms with van der Waals surface area (Å²) in [6, 6.07) is 143. The molecule has 512 valence electrons. The van der Waals surface area contributed by atoms with E-state index in [9.17, 15) is 0 Å². The van der Waals surface area contributed by atoms with Gasteiger partial charge < -0.3 is 0 Å². The zero-order valence-electron chi connectivity index (χ0n) is 60.0. The second-order valence-electron chi connectivity index (χ2n) is 29.9. The number of hydrogen-bond acceptors (Lipinski definition) is 3. The molecule has 111 heavy (non-hydrogen) atoms. The van der Waals surface area contributed by atoms with E-state index in [1.807, 2.05) is 34.0 Å². The highest BCUT2D eigenvalue weighted by Crippen LogP contribution is 2.52. The molecule has 0 aliphatic carbocycles. The fourth-order valence-corrected chi connectivity index (χ4v) is 22.7. The van der Waals surface area contributed by atoms with Crippen LogP contribution in [0.2, 0.25) is 0 Å². The molecule has 0 bridgehead atoms. The predicted octanol–water partition coefficient (Wildman–Crippen LogP) is 32.5. The number of fused-ring (bicyclic) bond motifs is 27. The lowest BCUT2D eigenvalue weighted by Gasteiger charge is -2.18. The number of benzene rings is 21. The Hall–Kier alpha value is -13.4. The van der Waals surface area contributed by atoms with Gasteiger partial charge in [-0.1, -0.05) is 309 Å². The maximum absolute atomic E-state index is 2.51. The van der Waals surface area contributed by atoms with E-state index < -0.39 is 0 Å². The standard InChI is InChI=1S/C108H62S3/c1-2-21-63(22-3-1)74-36-18-39-94-95-40-20-41-96(107(95)111-106(74)94)98-56-64(65-44-49-88-82-29-7-4-23-76(82)79-26-10-13-32-85(79)99(88)57-65)43-48-73(98)71-53-69(66-45-50-89-83-30-8-5-24-77(83)80-27-11-14-33-86(80)100(89)58-66)54-72(55-71)75-37-19-38-93-92-52-46-67(62-104(92)110-105(75)93)70-60-97(108-102(61-70)91-35-16-17-42-103(91)109-108)68-47-51-90-84-31-9-6-25-78(84)81-28-12-15-34-87(81)101(90)59-68/h1-62H. The van der Waals surface area contributed by atoms with Crippen molar-refractivity contribution in [3.8, 4) is 89.0 Å². The first-order chi connectivity index (χ1) is 55.0. The topological polar surface area (TPSA) is 0 Å². The second-order valence-corrected chi connectivity index (χ2v) is 33.1. The summed E-state index contributed by atoms with van der Waals surface area (Å²) in [5, 5.41) is 30.6. The van der Waals surface area contributed by atoms with Crippen molar-refractivity contribution in [1.82, 2.24) is 0 Å². The van der Waals surface area contributed by atoms with Crippen molar-refractivity contribution in [1.29, 1.82) is 0 Å². The second kappa shape index (κ2) is 24.6. The van der Waals surface area contributed by atoms with Crippen molar-refractivity contribution in [2.45, 2.75) is 0 Å². The fourth-order valence-electron chi connectivity index (χ4n) is 18.8. The molecule has 0 N–H and O–H groups in total. The summed E-state index contributed by atoms with van der Waals surface area (Å²) in [5.41, 5.74) is 19.2. The lowest BCUT2D eigenvalue weighted by Crippen LogP contribution is -1.92. The van der Waals surface area contributed by atoms with Crippen LogP contribution in [0.5, 0.6) is 0 Å². The smallest absolute Gasteiger partial charge is 0.0434 e. The Kier molecular flexibility index (Phi) is 13.9. The summed E-state index contributed by atoms with van der Waals surface area (Å²) in [6.45, 7) is 0. The number of thiophene rings is 3. The lowest BCUT2D eigenvalue weighted by atomic mass is 9.86. The van der Waals surface area contributed by atoms with Gasteiger partial charge in [0.25, 0.3) is 0 Å². The van der Waals surface area contributed by atoms with Gasteiger partial charge in [0.1, 0.15) is 0 Å². The van der Waals surface area contributed by atoms with Crippen molar-refractivity contribution in [2.75, 3.05) is 0 Å². The van der Waals surface area contributed by atoms with Crippen molar-refractivity contribution in [2.24, 2.45) is 0 Å². The maximum atomic E-state index is 2.51. The van der Waals surface area contributed by atoms with Crippen LogP contribution in [0.1, 0.15) is 0 Å². The van der Waals surface area contributed by atoms with Crippen molar-refractivity contribution in [3.05, 3.63) is 376 Å². The number of rotatable bonds is 8. The SMILES string of the molecule is c1ccc(-c2cccc3c2sc2c(-c4cc(-c5ccc6c7ccccc7c7ccccc7c6c5)ccc4-c4cc(-c5ccc6c7ccccc7c7ccccc7c6c5)cc(-c5cccc6c5sc5cc(-c7cc(-c8ccc9c%10ccccc%10c%10ccccc%10c9c8)c8sc9ccccc9c8c7)ccc56)c4)cccc23)cc1. The molecule has 3 heterocycles. The molecule has 3 heteroatoms. The molecule has 0 saturated carbocycles. The molecule has 21 aromatic carbocycles. The van der Waals surface area contributed by atoms with E-state index in [1.165, 1.54) is 241 Å². The molecule has 0 fully saturated rings. The first-order valence-electron chi connectivity index (χ1n) is 38.2. The largest absolute Gasteiger partial charge is 0.135 e. The van der Waals surface area contributed by atoms with Gasteiger partial charge in [0.05, 0.1) is 0 Å². The normalized spacial score (nSPS) is 12.1. The summed E-state index contributed by atoms with van der Waals surface area (Å²) in [6.07, 6.45) is 0. The third kappa shape index (κ3) is 9.70. The highest BCUT2D eigenvalue weighted by molar-refractivity contribution is 7.27. The third-order valence-electron chi connectivity index (χ3n) is 24.0. The maximum Gasteiger partial charge on any atom is 0.0434 e. The Balaban J connectivity index is 0.721. The van der Waals surface area contributed by atoms with Gasteiger partial charge in [-0.3, -0.25) is 0 Å². The third-order valence-corrected chi connectivity index (χ3v) is 27.7. The van der Waals surface area contributed by atoms with Gasteiger partial charge in [0.2, 0.25) is 0 Å². The van der Waals surface area contributed by atoms with Crippen LogP contribution in [0.25, 0.3) is 246 Å². The highest BCUT2D eigenvalue weighted by atomic mass is 32.1. The van der Waals surface area contributed by atoms with Crippen LogP contribution in [0.3, 0.4) is 0 Å². The zero-order chi connectivity index (χ0) is 72.5. The van der Waals surface area contributed by atoms with E-state index in [0.29, 0.717) is 0 Å². The van der Waals surface area contributed by atoms with Gasteiger partial charge in [0, 0.05) is 71.6 Å². The summed E-state index contributed by atoms with van der Waals surface area (Å²) in [7, 11) is 0. The Morgan fingerprint density at radius 3 is 0.955 bits per heavy atom. The Labute approximate surface area is 651 Å². The molecular formula is C108H62S3. The van der Waals surface area contributed by atoms with E-state index in [0.717, 1.165) is 5.56 Å². The molecule has 0 aliphatic heterocycles. The molecular weight excluding hydrogens is 1390 g/mol. The van der Waals surface area contributed by atoms with E-state index in [1.54, 1.807) is 0 Å². The molecule has 0 radical (unpaired) electrons. The molecule has 0 atom stereocenters. The average Bonchev–Trinajstić information content (AvgIpc) is 1.71. The first-order valence-corrected chi connectivity index (χ1v) is 40.7. The molecule has 0 nitrogen and oxygen atoms in total. The summed E-state index contributed by atoms with van der Waals surface area (Å²) in [5.74, 6) is 0. The van der Waals surface area contributed by atoms with E-state index >= 15 is 0 Å². The van der Waals surface area contributed by atoms with Gasteiger partial charge in [0.15, 0.2) is 0 Å². The molecule has 0 spiro atoms. The molecule has 0 saturated heterocycles. The van der Waals surface area contributed by atoms with Crippen LogP contribution >= 0.6 is 34.0 Å². The lowest BCUT2D eigenvalue weighted by molar-refractivity contribution is 1.57. The molecule has 24 rings (SSSR count). The van der Waals surface area contributed by atoms with Gasteiger partial charge in [-0.05, 0) is 242 Å². The van der Waals surface area contributed by atoms with E-state index in [4.69, 9.17) is 0 Å². The fraction of sp³-hybridized carbons (Fsp3) is 0. The molecule has 0 amide bonds. The van der Waals surface area contributed by atoms with Crippen molar-refractivity contribution < 1.29 is 0 Å². The van der Waals surface area contributed by atoms with Gasteiger partial charge in [-0.2, -0.15) is 0 Å². The summed E-state index contributed by atoms with van der Waals surface area (Å²) in [4.78, 5) is 0. The van der Waals surface area contributed by atoms with Gasteiger partial charge in [-0.25, -0.2) is 0 Å². The Morgan fingerprint density at radius 2 is 0.414 bits per heavy atom. The van der Waals surface area contributed by atoms with Crippen LogP contribution in [0.15, 0.2) is 376 Å². The van der Waals surface area contributed by atoms with Crippen molar-refractivity contribution >= 4 is 191 Å². The molecule has 0 aliphatic rings. The zero-order valence-corrected chi connectivity index (χ0v) is 62.5. The van der Waals surface area contributed by atoms with Crippen LogP contribution in [0, 0.1) is 0 Å². The van der Waals surface area contributed by atoms with Gasteiger partial charge >= 0.3 is 0 Å². The summed E-state index contributed by atoms with van der Waals surface area (Å²) < 4.78 is 7.73. The van der Waals surface area contributed by atoms with Crippen LogP contribution in [0.4, 0.5) is 0 Å². The first kappa shape index (κ1) is 62.6. The van der Waals surface area contributed by atoms with E-state index in [2.05, 4.69) is 376 Å². The molecule has 0 unspecified atom stereocenters. The van der Waals surface area contributed by atoms with Crippen LogP contribution < -0.4 is 0 Å².